The Morgan fingerprint density at radius 1 is 0.114 bits per heavy atom. The van der Waals surface area contributed by atoms with E-state index in [1.165, 1.54) is 60.7 Å². The molecule has 23 heteroatoms. The maximum absolute atomic E-state index is 11.5. The van der Waals surface area contributed by atoms with Crippen LogP contribution in [-0.4, -0.2) is 117 Å². The molecule has 23 N–H and O–H groups in total. The van der Waals surface area contributed by atoms with Gasteiger partial charge in [0, 0.05) is 84.7 Å². The van der Waals surface area contributed by atoms with E-state index in [1.54, 1.807) is 255 Å². The number of fused-ring (bicyclic) bond motifs is 4. The van der Waals surface area contributed by atoms with Crippen molar-refractivity contribution >= 4 is 43.1 Å². The lowest BCUT2D eigenvalue weighted by Gasteiger charge is -2.20. The largest absolute Gasteiger partial charge is 0.508 e. The van der Waals surface area contributed by atoms with E-state index in [0.29, 0.717) is 87.9 Å². The molecule has 0 aromatic heterocycles. The molecule has 0 aliphatic carbocycles. The van der Waals surface area contributed by atoms with Gasteiger partial charge in [-0.05, 0) is 288 Å². The molecule has 0 spiro atoms. The van der Waals surface area contributed by atoms with E-state index in [0.717, 1.165) is 77.9 Å². The number of aromatic hydroxyl groups is 23. The SMILES string of the molecule is Oc1ccc(Cc2c(O)c(Cc3ccc(O)cc3)c3c(Cc4ccc(O)cc4)ccc(O)c3c2O)cc1.Oc1ccc(Cc2c(O)cc3c(Cc4ccc(O)cc4)ccc(O)c3c2O)cc1.Oc1ccc(Cc2cc(Cc3ccc(O)cc3)c3cc(O)c(Cc4ccc(O)cc4)c(O)c3c2O)cc1.Oc1ccc(Cc2ccc3c(Cc4ccc(O)cc4)c(O)c(Cc4ccc(O)cc4)c(O)c3c2O)cc1. The summed E-state index contributed by atoms with van der Waals surface area (Å²) < 4.78 is 0. The lowest BCUT2D eigenvalue weighted by Crippen LogP contribution is -2.01. The van der Waals surface area contributed by atoms with Crippen molar-refractivity contribution in [3.63, 3.8) is 0 Å². The highest BCUT2D eigenvalue weighted by Gasteiger charge is 2.29. The average Bonchev–Trinajstić information content (AvgIpc) is 0.740. The van der Waals surface area contributed by atoms with Crippen LogP contribution in [-0.2, 0) is 70.6 Å². The average molecular weight is 1870 g/mol. The topological polar surface area (TPSA) is 465 Å². The zero-order chi connectivity index (χ0) is 98.9. The smallest absolute Gasteiger partial charge is 0.134 e. The fraction of sp³-hybridized carbons (Fsp3) is 0.0940. The number of phenolic OH excluding ortho intramolecular Hbond substituents is 23. The standard InChI is InChI=1S/3C31H26O6.C24H20O5/c32-22-8-1-18(2-9-22)15-21-7-14-27(35)29-28(21)25(16-19-3-10-23(33)11-4-19)30(36)26(31(29)37)17-20-5-12-24(34)13-6-20;32-22-8-1-18(2-9-22)15-21-7-14-25-26(16-19-3-10-23(33)11-4-19)30(36)27(31(37)28(25)29(21)35)17-20-5-12-24(34)13-6-20;32-23-7-1-18(2-8-23)13-21-16-22(14-19-3-9-24(33)10-4-19)30(36)29-26(21)17-28(35)27(31(29)37)15-20-5-11-25(34)12-6-20;25-17-6-1-14(2-7-17)11-16-5-10-21(27)23-19(16)13-22(28)20(24(23)29)12-15-3-8-18(26)9-4-15/h2*1-14,32-37H,15-17H2;1-12,16-17,32-37H,13-15H2;1-10,13,25-29H,11-12H2. The Balaban J connectivity index is 0.000000135. The summed E-state index contributed by atoms with van der Waals surface area (Å²) in [7, 11) is 0. The van der Waals surface area contributed by atoms with E-state index in [9.17, 15) is 117 Å². The molecule has 0 unspecified atom stereocenters. The molecule has 0 aliphatic rings. The summed E-state index contributed by atoms with van der Waals surface area (Å²) in [5.74, 6) is 0.0587. The van der Waals surface area contributed by atoms with Crippen LogP contribution in [0.2, 0.25) is 0 Å². The molecule has 704 valence electrons. The number of benzene rings is 19. The minimum Gasteiger partial charge on any atom is -0.508 e. The second-order valence-corrected chi connectivity index (χ2v) is 34.7. The summed E-state index contributed by atoms with van der Waals surface area (Å²) >= 11 is 0. The van der Waals surface area contributed by atoms with Gasteiger partial charge < -0.3 is 117 Å². The normalized spacial score (nSPS) is 11.1. The van der Waals surface area contributed by atoms with E-state index in [4.69, 9.17) is 0 Å². The third-order valence-electron chi connectivity index (χ3n) is 24.9. The fourth-order valence-corrected chi connectivity index (χ4v) is 17.6. The summed E-state index contributed by atoms with van der Waals surface area (Å²) in [5, 5.41) is 242. The van der Waals surface area contributed by atoms with Crippen molar-refractivity contribution < 1.29 is 117 Å². The van der Waals surface area contributed by atoms with Crippen molar-refractivity contribution in [3.8, 4) is 132 Å². The lowest BCUT2D eigenvalue weighted by atomic mass is 9.87. The maximum atomic E-state index is 11.5. The highest BCUT2D eigenvalue weighted by molar-refractivity contribution is 6.03. The van der Waals surface area contributed by atoms with Crippen molar-refractivity contribution in [2.45, 2.75) is 70.6 Å². The summed E-state index contributed by atoms with van der Waals surface area (Å²) in [6.45, 7) is 0. The highest BCUT2D eigenvalue weighted by atomic mass is 16.3. The van der Waals surface area contributed by atoms with Crippen molar-refractivity contribution in [1.82, 2.24) is 0 Å². The molecule has 0 saturated heterocycles. The van der Waals surface area contributed by atoms with Crippen LogP contribution in [0, 0.1) is 0 Å². The molecule has 0 heterocycles. The third kappa shape index (κ3) is 21.7. The number of hydrogen-bond donors (Lipinski definition) is 23. The van der Waals surface area contributed by atoms with Gasteiger partial charge in [0.2, 0.25) is 0 Å². The van der Waals surface area contributed by atoms with Crippen LogP contribution in [0.1, 0.15) is 122 Å². The van der Waals surface area contributed by atoms with Gasteiger partial charge in [0.15, 0.2) is 0 Å². The molecule has 0 saturated carbocycles. The summed E-state index contributed by atoms with van der Waals surface area (Å²) in [5.41, 5.74) is 15.0. The Kier molecular flexibility index (Phi) is 27.9. The van der Waals surface area contributed by atoms with Gasteiger partial charge in [-0.25, -0.2) is 0 Å². The van der Waals surface area contributed by atoms with Crippen molar-refractivity contribution in [2.24, 2.45) is 0 Å². The predicted octanol–water partition coefficient (Wildman–Crippen LogP) is 22.1. The van der Waals surface area contributed by atoms with Crippen molar-refractivity contribution in [3.05, 3.63) is 444 Å². The van der Waals surface area contributed by atoms with Gasteiger partial charge in [0.25, 0.3) is 0 Å². The number of rotatable bonds is 22. The molecule has 19 aromatic rings. The molecule has 23 nitrogen and oxygen atoms in total. The molecule has 19 rings (SSSR count). The van der Waals surface area contributed by atoms with Crippen LogP contribution in [0.25, 0.3) is 43.1 Å². The van der Waals surface area contributed by atoms with Gasteiger partial charge in [-0.1, -0.05) is 164 Å². The number of phenols is 23. The minimum absolute atomic E-state index is 0.0689. The molecular formula is C117H98O23. The van der Waals surface area contributed by atoms with Crippen molar-refractivity contribution in [1.29, 1.82) is 0 Å². The van der Waals surface area contributed by atoms with Gasteiger partial charge >= 0.3 is 0 Å². The van der Waals surface area contributed by atoms with E-state index < -0.39 is 0 Å². The first kappa shape index (κ1) is 94.8. The summed E-state index contributed by atoms with van der Waals surface area (Å²) in [6.07, 6.45) is 3.52. The molecule has 0 amide bonds. The van der Waals surface area contributed by atoms with Crippen LogP contribution >= 0.6 is 0 Å². The zero-order valence-electron chi connectivity index (χ0n) is 75.2. The van der Waals surface area contributed by atoms with Gasteiger partial charge in [0.05, 0.1) is 21.5 Å². The first-order valence-electron chi connectivity index (χ1n) is 44.7. The van der Waals surface area contributed by atoms with Gasteiger partial charge in [-0.15, -0.1) is 0 Å². The minimum atomic E-state index is -0.208. The van der Waals surface area contributed by atoms with Crippen LogP contribution in [0.15, 0.2) is 322 Å². The third-order valence-corrected chi connectivity index (χ3v) is 24.9. The van der Waals surface area contributed by atoms with Gasteiger partial charge in [-0.2, -0.15) is 0 Å². The van der Waals surface area contributed by atoms with E-state index in [2.05, 4.69) is 0 Å². The predicted molar refractivity (Wildman–Crippen MR) is 536 cm³/mol. The highest BCUT2D eigenvalue weighted by Crippen LogP contribution is 2.52. The van der Waals surface area contributed by atoms with E-state index >= 15 is 0 Å². The molecule has 140 heavy (non-hydrogen) atoms. The monoisotopic (exact) mass is 1870 g/mol. The molecule has 0 fully saturated rings. The molecule has 0 radical (unpaired) electrons. The zero-order valence-corrected chi connectivity index (χ0v) is 75.2. The second-order valence-electron chi connectivity index (χ2n) is 34.7. The molecular weight excluding hydrogens is 1770 g/mol. The second kappa shape index (κ2) is 41.2. The first-order chi connectivity index (χ1) is 67.3. The lowest BCUT2D eigenvalue weighted by molar-refractivity contribution is 0.435. The van der Waals surface area contributed by atoms with E-state index in [1.807, 2.05) is 6.07 Å². The van der Waals surface area contributed by atoms with Crippen LogP contribution in [0.5, 0.6) is 132 Å². The Morgan fingerprint density at radius 2 is 0.336 bits per heavy atom. The Labute approximate surface area is 802 Å². The summed E-state index contributed by atoms with van der Waals surface area (Å²) in [4.78, 5) is 0. The van der Waals surface area contributed by atoms with E-state index in [-0.39, 0.29) is 203 Å². The Morgan fingerprint density at radius 3 is 0.686 bits per heavy atom. The molecule has 0 atom stereocenters. The molecule has 19 aromatic carbocycles. The fourth-order valence-electron chi connectivity index (χ4n) is 17.6. The Hall–Kier alpha value is -18.4. The van der Waals surface area contributed by atoms with Crippen LogP contribution in [0.4, 0.5) is 0 Å². The van der Waals surface area contributed by atoms with Crippen LogP contribution in [0.3, 0.4) is 0 Å². The van der Waals surface area contributed by atoms with Gasteiger partial charge in [0.1, 0.15) is 132 Å². The quantitative estimate of drug-likeness (QED) is 0.0300. The molecule has 0 bridgehead atoms. The maximum Gasteiger partial charge on any atom is 0.134 e. The van der Waals surface area contributed by atoms with Crippen molar-refractivity contribution in [2.75, 3.05) is 0 Å². The summed E-state index contributed by atoms with van der Waals surface area (Å²) in [6, 6.07) is 88.1. The number of hydrogen-bond acceptors (Lipinski definition) is 23. The molecule has 0 aliphatic heterocycles. The Bertz CT molecular complexity index is 7600. The van der Waals surface area contributed by atoms with Crippen LogP contribution < -0.4 is 0 Å². The first-order valence-corrected chi connectivity index (χ1v) is 44.7. The van der Waals surface area contributed by atoms with Gasteiger partial charge in [-0.3, -0.25) is 0 Å².